The second kappa shape index (κ2) is 9.19. The zero-order chi connectivity index (χ0) is 17.6. The van der Waals surface area contributed by atoms with Crippen molar-refractivity contribution in [1.82, 2.24) is 4.90 Å². The van der Waals surface area contributed by atoms with E-state index in [4.69, 9.17) is 4.74 Å². The molecule has 4 nitrogen and oxygen atoms in total. The van der Waals surface area contributed by atoms with Gasteiger partial charge in [0.25, 0.3) is 0 Å². The molecule has 0 aromatic carbocycles. The van der Waals surface area contributed by atoms with Crippen LogP contribution in [0.5, 0.6) is 0 Å². The maximum atomic E-state index is 12.8. The van der Waals surface area contributed by atoms with E-state index < -0.39 is 5.60 Å². The molecule has 2 saturated carbocycles. The summed E-state index contributed by atoms with van der Waals surface area (Å²) < 4.78 is 5.77. The summed E-state index contributed by atoms with van der Waals surface area (Å²) in [4.78, 5) is 15.1. The highest BCUT2D eigenvalue weighted by molar-refractivity contribution is 5.74. The van der Waals surface area contributed by atoms with E-state index in [0.717, 1.165) is 58.2 Å². The third kappa shape index (κ3) is 4.72. The molecule has 140 valence electrons. The Balaban J connectivity index is 1.99. The van der Waals surface area contributed by atoms with Crippen molar-refractivity contribution >= 4 is 5.97 Å². The van der Waals surface area contributed by atoms with Crippen LogP contribution in [-0.2, 0) is 9.53 Å². The lowest BCUT2D eigenvalue weighted by Crippen LogP contribution is -2.52. The summed E-state index contributed by atoms with van der Waals surface area (Å²) in [5, 5.41) is 11.4. The van der Waals surface area contributed by atoms with Gasteiger partial charge in [-0.25, -0.2) is 0 Å². The third-order valence-electron chi connectivity index (χ3n) is 6.25. The van der Waals surface area contributed by atoms with E-state index in [1.807, 2.05) is 6.92 Å². The van der Waals surface area contributed by atoms with E-state index >= 15 is 0 Å². The first kappa shape index (κ1) is 19.7. The Morgan fingerprint density at radius 1 is 1.12 bits per heavy atom. The summed E-state index contributed by atoms with van der Waals surface area (Å²) in [5.41, 5.74) is -0.829. The SMILES string of the molecule is CCN(CC)C[C@@H](C)OC(=O)[C@H]1CCCC[C@]1(O)C1CCCCC1. The lowest BCUT2D eigenvalue weighted by Gasteiger charge is -2.45. The molecule has 1 N–H and O–H groups in total. The van der Waals surface area contributed by atoms with Crippen molar-refractivity contribution in [2.24, 2.45) is 11.8 Å². The molecule has 0 spiro atoms. The summed E-state index contributed by atoms with van der Waals surface area (Å²) in [6.07, 6.45) is 9.26. The molecule has 3 atom stereocenters. The van der Waals surface area contributed by atoms with E-state index in [0.29, 0.717) is 0 Å². The van der Waals surface area contributed by atoms with Gasteiger partial charge in [0.1, 0.15) is 6.10 Å². The fourth-order valence-electron chi connectivity index (χ4n) is 4.76. The van der Waals surface area contributed by atoms with Crippen LogP contribution in [-0.4, -0.2) is 47.3 Å². The second-order valence-electron chi connectivity index (χ2n) is 7.86. The van der Waals surface area contributed by atoms with Gasteiger partial charge in [0.2, 0.25) is 0 Å². The normalized spacial score (nSPS) is 30.3. The van der Waals surface area contributed by atoms with Crippen LogP contribution in [0.25, 0.3) is 0 Å². The summed E-state index contributed by atoms with van der Waals surface area (Å²) >= 11 is 0. The predicted octanol–water partition coefficient (Wildman–Crippen LogP) is 3.76. The third-order valence-corrected chi connectivity index (χ3v) is 6.25. The number of ether oxygens (including phenoxy) is 1. The number of esters is 1. The highest BCUT2D eigenvalue weighted by atomic mass is 16.5. The maximum absolute atomic E-state index is 12.8. The number of hydrogen-bond donors (Lipinski definition) is 1. The van der Waals surface area contributed by atoms with Crippen LogP contribution in [0.2, 0.25) is 0 Å². The molecule has 0 saturated heterocycles. The van der Waals surface area contributed by atoms with Crippen molar-refractivity contribution in [3.05, 3.63) is 0 Å². The molecule has 0 unspecified atom stereocenters. The highest BCUT2D eigenvalue weighted by Crippen LogP contribution is 2.45. The average molecular weight is 340 g/mol. The van der Waals surface area contributed by atoms with Crippen molar-refractivity contribution < 1.29 is 14.6 Å². The molecule has 0 aliphatic heterocycles. The maximum Gasteiger partial charge on any atom is 0.312 e. The van der Waals surface area contributed by atoms with E-state index in [9.17, 15) is 9.90 Å². The molecule has 0 amide bonds. The van der Waals surface area contributed by atoms with Gasteiger partial charge in [0, 0.05) is 6.54 Å². The molecule has 2 aliphatic carbocycles. The van der Waals surface area contributed by atoms with Gasteiger partial charge in [-0.1, -0.05) is 46.0 Å². The van der Waals surface area contributed by atoms with E-state index in [1.165, 1.54) is 19.3 Å². The Bertz CT molecular complexity index is 390. The van der Waals surface area contributed by atoms with Gasteiger partial charge in [0.15, 0.2) is 0 Å². The quantitative estimate of drug-likeness (QED) is 0.718. The van der Waals surface area contributed by atoms with Crippen molar-refractivity contribution in [3.63, 3.8) is 0 Å². The van der Waals surface area contributed by atoms with Crippen LogP contribution >= 0.6 is 0 Å². The van der Waals surface area contributed by atoms with E-state index in [2.05, 4.69) is 18.7 Å². The van der Waals surface area contributed by atoms with Crippen LogP contribution in [0.15, 0.2) is 0 Å². The number of carbonyl (C=O) groups is 1. The van der Waals surface area contributed by atoms with Crippen molar-refractivity contribution in [2.75, 3.05) is 19.6 Å². The summed E-state index contributed by atoms with van der Waals surface area (Å²) in [5.74, 6) is -0.210. The van der Waals surface area contributed by atoms with Crippen LogP contribution < -0.4 is 0 Å². The zero-order valence-corrected chi connectivity index (χ0v) is 15.9. The van der Waals surface area contributed by atoms with Crippen molar-refractivity contribution in [3.8, 4) is 0 Å². The molecule has 2 aliphatic rings. The average Bonchev–Trinajstić information content (AvgIpc) is 2.60. The van der Waals surface area contributed by atoms with Crippen molar-refractivity contribution in [2.45, 2.75) is 90.3 Å². The molecule has 24 heavy (non-hydrogen) atoms. The van der Waals surface area contributed by atoms with E-state index in [1.54, 1.807) is 0 Å². The first-order chi connectivity index (χ1) is 11.5. The van der Waals surface area contributed by atoms with Crippen molar-refractivity contribution in [1.29, 1.82) is 0 Å². The minimum atomic E-state index is -0.829. The molecule has 0 aromatic rings. The molecular weight excluding hydrogens is 302 g/mol. The van der Waals surface area contributed by atoms with Crippen LogP contribution in [0, 0.1) is 11.8 Å². The van der Waals surface area contributed by atoms with Gasteiger partial charge < -0.3 is 14.7 Å². The van der Waals surface area contributed by atoms with Gasteiger partial charge >= 0.3 is 5.97 Å². The smallest absolute Gasteiger partial charge is 0.312 e. The van der Waals surface area contributed by atoms with Crippen LogP contribution in [0.4, 0.5) is 0 Å². The minimum absolute atomic E-state index is 0.116. The Labute approximate surface area is 147 Å². The fraction of sp³-hybridized carbons (Fsp3) is 0.950. The molecular formula is C20H37NO3. The fourth-order valence-corrected chi connectivity index (χ4v) is 4.76. The summed E-state index contributed by atoms with van der Waals surface area (Å²) in [6, 6.07) is 0. The predicted molar refractivity (Wildman–Crippen MR) is 96.8 cm³/mol. The molecule has 0 bridgehead atoms. The topological polar surface area (TPSA) is 49.8 Å². The summed E-state index contributed by atoms with van der Waals surface area (Å²) in [7, 11) is 0. The number of nitrogens with zero attached hydrogens (tertiary/aromatic N) is 1. The number of likely N-dealkylation sites (N-methyl/N-ethyl adjacent to an activating group) is 1. The van der Waals surface area contributed by atoms with Gasteiger partial charge in [0.05, 0.1) is 11.5 Å². The number of aliphatic hydroxyl groups is 1. The molecule has 0 heterocycles. The van der Waals surface area contributed by atoms with Gasteiger partial charge in [-0.2, -0.15) is 0 Å². The van der Waals surface area contributed by atoms with Gasteiger partial charge in [-0.3, -0.25) is 4.79 Å². The zero-order valence-electron chi connectivity index (χ0n) is 15.9. The second-order valence-corrected chi connectivity index (χ2v) is 7.86. The lowest BCUT2D eigenvalue weighted by atomic mass is 9.64. The Morgan fingerprint density at radius 3 is 2.38 bits per heavy atom. The standard InChI is InChI=1S/C20H37NO3/c1-4-21(5-2)15-16(3)24-19(22)18-13-9-10-14-20(18,23)17-11-7-6-8-12-17/h16-18,23H,4-15H2,1-3H3/t16-,18-,20+/m1/s1. The van der Waals surface area contributed by atoms with Gasteiger partial charge in [-0.05, 0) is 51.6 Å². The first-order valence-electron chi connectivity index (χ1n) is 10.2. The Hall–Kier alpha value is -0.610. The largest absolute Gasteiger partial charge is 0.461 e. The molecule has 0 aromatic heterocycles. The first-order valence-corrected chi connectivity index (χ1v) is 10.2. The van der Waals surface area contributed by atoms with Crippen LogP contribution in [0.1, 0.15) is 78.6 Å². The molecule has 2 fully saturated rings. The Morgan fingerprint density at radius 2 is 1.75 bits per heavy atom. The lowest BCUT2D eigenvalue weighted by molar-refractivity contribution is -0.176. The number of carbonyl (C=O) groups excluding carboxylic acids is 1. The summed E-state index contributed by atoms with van der Waals surface area (Å²) in [6.45, 7) is 8.93. The molecule has 4 heteroatoms. The van der Waals surface area contributed by atoms with Gasteiger partial charge in [-0.15, -0.1) is 0 Å². The van der Waals surface area contributed by atoms with Crippen LogP contribution in [0.3, 0.4) is 0 Å². The molecule has 0 radical (unpaired) electrons. The number of hydrogen-bond acceptors (Lipinski definition) is 4. The minimum Gasteiger partial charge on any atom is -0.461 e. The highest BCUT2D eigenvalue weighted by Gasteiger charge is 2.49. The monoisotopic (exact) mass is 339 g/mol. The Kier molecular flexibility index (Phi) is 7.55. The van der Waals surface area contributed by atoms with E-state index in [-0.39, 0.29) is 23.9 Å². The number of rotatable bonds is 7. The molecule has 2 rings (SSSR count).